The molecule has 3 aromatic rings. The Labute approximate surface area is 120 Å². The van der Waals surface area contributed by atoms with Crippen molar-refractivity contribution in [2.24, 2.45) is 0 Å². The molecular weight excluding hydrogens is 274 g/mol. The summed E-state index contributed by atoms with van der Waals surface area (Å²) < 4.78 is 5.48. The Bertz CT molecular complexity index is 550. The fraction of sp³-hybridized carbons (Fsp3) is 0.200. The fourth-order valence-electron chi connectivity index (χ4n) is 2.09. The van der Waals surface area contributed by atoms with Crippen LogP contribution in [0.5, 0.6) is 0 Å². The average molecular weight is 289 g/mol. The van der Waals surface area contributed by atoms with Gasteiger partial charge in [-0.3, -0.25) is 5.32 Å². The molecule has 0 radical (unpaired) electrons. The lowest BCUT2D eigenvalue weighted by molar-refractivity contribution is 0.415. The highest BCUT2D eigenvalue weighted by atomic mass is 32.1. The molecule has 0 aromatic carbocycles. The monoisotopic (exact) mass is 289 g/mol. The highest BCUT2D eigenvalue weighted by Crippen LogP contribution is 2.31. The summed E-state index contributed by atoms with van der Waals surface area (Å²) in [5, 5.41) is 7.89. The maximum absolute atomic E-state index is 5.48. The molecule has 0 bridgehead atoms. The Kier molecular flexibility index (Phi) is 3.82. The lowest BCUT2D eigenvalue weighted by Crippen LogP contribution is -2.24. The highest BCUT2D eigenvalue weighted by molar-refractivity contribution is 7.11. The topological polar surface area (TPSA) is 25.2 Å². The van der Waals surface area contributed by atoms with Crippen molar-refractivity contribution in [1.29, 1.82) is 0 Å². The molecule has 0 spiro atoms. The van der Waals surface area contributed by atoms with Crippen LogP contribution in [0.1, 0.15) is 34.5 Å². The van der Waals surface area contributed by atoms with E-state index < -0.39 is 0 Å². The number of thiophene rings is 2. The molecule has 2 nitrogen and oxygen atoms in total. The third-order valence-corrected chi connectivity index (χ3v) is 4.92. The summed E-state index contributed by atoms with van der Waals surface area (Å²) in [5.41, 5.74) is 0. The summed E-state index contributed by atoms with van der Waals surface area (Å²) in [7, 11) is 0. The Morgan fingerprint density at radius 2 is 1.68 bits per heavy atom. The van der Waals surface area contributed by atoms with Crippen molar-refractivity contribution in [3.8, 4) is 0 Å². The van der Waals surface area contributed by atoms with Gasteiger partial charge in [-0.25, -0.2) is 0 Å². The van der Waals surface area contributed by atoms with Gasteiger partial charge < -0.3 is 4.42 Å². The van der Waals surface area contributed by atoms with Crippen LogP contribution in [0.4, 0.5) is 0 Å². The van der Waals surface area contributed by atoms with E-state index in [1.165, 1.54) is 9.75 Å². The van der Waals surface area contributed by atoms with E-state index in [1.54, 1.807) is 28.9 Å². The predicted octanol–water partition coefficient (Wildman–Crippen LogP) is 4.84. The van der Waals surface area contributed by atoms with Crippen molar-refractivity contribution in [2.45, 2.75) is 19.0 Å². The molecule has 1 atom stereocenters. The SMILES string of the molecule is C[C@@H](NC(c1cccs1)c1cccs1)c1ccco1. The largest absolute Gasteiger partial charge is 0.468 e. The minimum atomic E-state index is 0.184. The molecule has 98 valence electrons. The van der Waals surface area contributed by atoms with Crippen LogP contribution < -0.4 is 5.32 Å². The molecule has 3 aromatic heterocycles. The normalized spacial score (nSPS) is 12.9. The van der Waals surface area contributed by atoms with Crippen LogP contribution in [0, 0.1) is 0 Å². The smallest absolute Gasteiger partial charge is 0.120 e. The highest BCUT2D eigenvalue weighted by Gasteiger charge is 2.20. The van der Waals surface area contributed by atoms with E-state index in [0.717, 1.165) is 5.76 Å². The van der Waals surface area contributed by atoms with E-state index >= 15 is 0 Å². The third kappa shape index (κ3) is 2.81. The zero-order chi connectivity index (χ0) is 13.1. The van der Waals surface area contributed by atoms with Crippen LogP contribution in [0.25, 0.3) is 0 Å². The van der Waals surface area contributed by atoms with E-state index in [2.05, 4.69) is 47.3 Å². The van der Waals surface area contributed by atoms with Gasteiger partial charge in [0, 0.05) is 9.75 Å². The molecule has 0 saturated heterocycles. The second-order valence-corrected chi connectivity index (χ2v) is 6.33. The quantitative estimate of drug-likeness (QED) is 0.727. The number of hydrogen-bond acceptors (Lipinski definition) is 4. The first-order valence-electron chi connectivity index (χ1n) is 6.21. The van der Waals surface area contributed by atoms with Crippen molar-refractivity contribution in [3.05, 3.63) is 68.9 Å². The summed E-state index contributed by atoms with van der Waals surface area (Å²) in [6, 6.07) is 12.9. The van der Waals surface area contributed by atoms with Crippen molar-refractivity contribution in [2.75, 3.05) is 0 Å². The van der Waals surface area contributed by atoms with E-state index in [4.69, 9.17) is 4.42 Å². The molecule has 0 unspecified atom stereocenters. The number of nitrogens with one attached hydrogen (secondary N) is 1. The maximum Gasteiger partial charge on any atom is 0.120 e. The molecule has 1 N–H and O–H groups in total. The number of rotatable bonds is 5. The summed E-state index contributed by atoms with van der Waals surface area (Å²) in [4.78, 5) is 2.67. The van der Waals surface area contributed by atoms with Crippen LogP contribution in [0.3, 0.4) is 0 Å². The van der Waals surface area contributed by atoms with Gasteiger partial charge in [0.15, 0.2) is 0 Å². The molecule has 0 saturated carbocycles. The lowest BCUT2D eigenvalue weighted by Gasteiger charge is -2.20. The molecule has 4 heteroatoms. The first-order chi connectivity index (χ1) is 9.34. The van der Waals surface area contributed by atoms with Crippen molar-refractivity contribution >= 4 is 22.7 Å². The zero-order valence-electron chi connectivity index (χ0n) is 10.6. The predicted molar refractivity (Wildman–Crippen MR) is 80.7 cm³/mol. The second-order valence-electron chi connectivity index (χ2n) is 4.37. The number of furan rings is 1. The van der Waals surface area contributed by atoms with Crippen molar-refractivity contribution in [3.63, 3.8) is 0 Å². The van der Waals surface area contributed by atoms with E-state index in [0.29, 0.717) is 0 Å². The Balaban J connectivity index is 1.84. The van der Waals surface area contributed by atoms with Gasteiger partial charge in [0.25, 0.3) is 0 Å². The van der Waals surface area contributed by atoms with Crippen LogP contribution in [0.2, 0.25) is 0 Å². The van der Waals surface area contributed by atoms with Gasteiger partial charge in [-0.2, -0.15) is 0 Å². The first kappa shape index (κ1) is 12.7. The van der Waals surface area contributed by atoms with Gasteiger partial charge in [0.05, 0.1) is 18.3 Å². The van der Waals surface area contributed by atoms with Gasteiger partial charge in [-0.1, -0.05) is 12.1 Å². The van der Waals surface area contributed by atoms with Crippen LogP contribution in [-0.4, -0.2) is 0 Å². The van der Waals surface area contributed by atoms with Crippen molar-refractivity contribution in [1.82, 2.24) is 5.32 Å². The minimum Gasteiger partial charge on any atom is -0.468 e. The lowest BCUT2D eigenvalue weighted by atomic mass is 10.1. The molecule has 3 heterocycles. The average Bonchev–Trinajstić information content (AvgIpc) is 3.17. The molecule has 0 fully saturated rings. The summed E-state index contributed by atoms with van der Waals surface area (Å²) in [6.07, 6.45) is 1.72. The first-order valence-corrected chi connectivity index (χ1v) is 7.97. The maximum atomic E-state index is 5.48. The Morgan fingerprint density at radius 1 is 1.00 bits per heavy atom. The fourth-order valence-corrected chi connectivity index (χ4v) is 3.76. The summed E-state index contributed by atoms with van der Waals surface area (Å²) in [5.74, 6) is 0.970. The Morgan fingerprint density at radius 3 is 2.16 bits per heavy atom. The van der Waals surface area contributed by atoms with Crippen molar-refractivity contribution < 1.29 is 4.42 Å². The van der Waals surface area contributed by atoms with Gasteiger partial charge in [0.1, 0.15) is 5.76 Å². The minimum absolute atomic E-state index is 0.184. The van der Waals surface area contributed by atoms with Crippen LogP contribution in [0.15, 0.2) is 57.8 Å². The molecule has 0 aliphatic rings. The van der Waals surface area contributed by atoms with Gasteiger partial charge in [-0.05, 0) is 41.9 Å². The van der Waals surface area contributed by atoms with Gasteiger partial charge in [0.2, 0.25) is 0 Å². The second kappa shape index (κ2) is 5.74. The van der Waals surface area contributed by atoms with Crippen LogP contribution in [-0.2, 0) is 0 Å². The summed E-state index contributed by atoms with van der Waals surface area (Å²) in [6.45, 7) is 2.13. The molecule has 0 amide bonds. The zero-order valence-corrected chi connectivity index (χ0v) is 12.2. The van der Waals surface area contributed by atoms with Gasteiger partial charge >= 0.3 is 0 Å². The Hall–Kier alpha value is -1.36. The van der Waals surface area contributed by atoms with Gasteiger partial charge in [-0.15, -0.1) is 22.7 Å². The van der Waals surface area contributed by atoms with E-state index in [9.17, 15) is 0 Å². The number of hydrogen-bond donors (Lipinski definition) is 1. The molecular formula is C15H15NOS2. The van der Waals surface area contributed by atoms with Crippen LogP contribution >= 0.6 is 22.7 Å². The van der Waals surface area contributed by atoms with E-state index in [-0.39, 0.29) is 12.1 Å². The standard InChI is InChI=1S/C15H15NOS2/c1-11(12-5-2-8-17-12)16-15(13-6-3-9-18-13)14-7-4-10-19-14/h2-11,15-16H,1H3/t11-/m1/s1. The molecule has 0 aliphatic carbocycles. The molecule has 19 heavy (non-hydrogen) atoms. The summed E-state index contributed by atoms with van der Waals surface area (Å²) >= 11 is 3.56. The third-order valence-electron chi connectivity index (χ3n) is 3.04. The molecule has 3 rings (SSSR count). The van der Waals surface area contributed by atoms with E-state index in [1.807, 2.05) is 12.1 Å². The molecule has 0 aliphatic heterocycles.